The number of non-ortho nitro benzene ring substituents is 1. The van der Waals surface area contributed by atoms with Crippen LogP contribution in [0.4, 0.5) is 5.69 Å². The highest BCUT2D eigenvalue weighted by molar-refractivity contribution is 8.01. The number of carbonyl (C=O) groups excluding carboxylic acids is 1. The number of fused-ring (bicyclic) bond motifs is 3. The molecule has 2 aliphatic carbocycles. The summed E-state index contributed by atoms with van der Waals surface area (Å²) in [7, 11) is 0. The van der Waals surface area contributed by atoms with E-state index in [0.29, 0.717) is 11.7 Å². The predicted octanol–water partition coefficient (Wildman–Crippen LogP) is 4.24. The maximum absolute atomic E-state index is 12.3. The minimum Gasteiger partial charge on any atom is -0.353 e. The Morgan fingerprint density at radius 1 is 1.46 bits per heavy atom. The van der Waals surface area contributed by atoms with Crippen LogP contribution in [-0.2, 0) is 4.79 Å². The van der Waals surface area contributed by atoms with E-state index in [-0.39, 0.29) is 17.6 Å². The molecule has 0 spiro atoms. The highest BCUT2D eigenvalue weighted by Gasteiger charge is 2.42. The van der Waals surface area contributed by atoms with Crippen LogP contribution in [-0.4, -0.2) is 27.6 Å². The van der Waals surface area contributed by atoms with Crippen LogP contribution in [0.15, 0.2) is 22.5 Å². The Morgan fingerprint density at radius 3 is 3.00 bits per heavy atom. The molecule has 0 unspecified atom stereocenters. The minimum atomic E-state index is -0.406. The van der Waals surface area contributed by atoms with Gasteiger partial charge in [-0.3, -0.25) is 14.9 Å². The molecule has 2 aliphatic rings. The molecule has 0 saturated heterocycles. The Hall–Kier alpha value is -1.67. The quantitative estimate of drug-likeness (QED) is 0.452. The largest absolute Gasteiger partial charge is 0.353 e. The molecule has 1 amide bonds. The molecule has 4 atom stereocenters. The van der Waals surface area contributed by atoms with Crippen LogP contribution in [0, 0.1) is 27.9 Å². The Morgan fingerprint density at radius 2 is 2.31 bits per heavy atom. The van der Waals surface area contributed by atoms with Crippen LogP contribution in [0.25, 0.3) is 10.2 Å². The van der Waals surface area contributed by atoms with Crippen LogP contribution in [0.2, 0.25) is 0 Å². The SMILES string of the molecule is C[C@H](NC(=O)CSc1nc2ccc([N+](=O)[O-])cc2s1)[C@H]1C[C@@H]2CC[C@H]1C2. The van der Waals surface area contributed by atoms with Gasteiger partial charge in [0.05, 0.1) is 20.9 Å². The molecule has 0 aliphatic heterocycles. The number of benzene rings is 1. The number of carbonyl (C=O) groups is 1. The lowest BCUT2D eigenvalue weighted by atomic mass is 9.84. The second kappa shape index (κ2) is 7.15. The van der Waals surface area contributed by atoms with E-state index in [2.05, 4.69) is 17.2 Å². The van der Waals surface area contributed by atoms with Gasteiger partial charge in [-0.25, -0.2) is 4.98 Å². The van der Waals surface area contributed by atoms with Crippen molar-refractivity contribution in [3.63, 3.8) is 0 Å². The summed E-state index contributed by atoms with van der Waals surface area (Å²) in [5.74, 6) is 2.67. The summed E-state index contributed by atoms with van der Waals surface area (Å²) in [6.45, 7) is 2.13. The molecule has 8 heteroatoms. The molecule has 1 aromatic heterocycles. The maximum Gasteiger partial charge on any atom is 0.270 e. The lowest BCUT2D eigenvalue weighted by Crippen LogP contribution is -2.40. The fourth-order valence-electron chi connectivity index (χ4n) is 4.50. The Kier molecular flexibility index (Phi) is 4.88. The van der Waals surface area contributed by atoms with Gasteiger partial charge in [0.15, 0.2) is 4.34 Å². The van der Waals surface area contributed by atoms with Crippen molar-refractivity contribution < 1.29 is 9.72 Å². The number of hydrogen-bond donors (Lipinski definition) is 1. The molecule has 1 N–H and O–H groups in total. The average Bonchev–Trinajstić information content (AvgIpc) is 3.33. The third kappa shape index (κ3) is 3.57. The molecular weight excluding hydrogens is 370 g/mol. The van der Waals surface area contributed by atoms with E-state index in [1.165, 1.54) is 60.9 Å². The molecule has 6 nitrogen and oxygen atoms in total. The third-order valence-electron chi connectivity index (χ3n) is 5.71. The van der Waals surface area contributed by atoms with E-state index in [4.69, 9.17) is 0 Å². The van der Waals surface area contributed by atoms with Crippen LogP contribution in [0.5, 0.6) is 0 Å². The number of thioether (sulfide) groups is 1. The first-order chi connectivity index (χ1) is 12.5. The number of nitrogens with one attached hydrogen (secondary N) is 1. The van der Waals surface area contributed by atoms with Crippen LogP contribution in [0.3, 0.4) is 0 Å². The molecule has 2 fully saturated rings. The average molecular weight is 392 g/mol. The summed E-state index contributed by atoms with van der Waals surface area (Å²) in [6.07, 6.45) is 5.29. The van der Waals surface area contributed by atoms with Gasteiger partial charge in [0.2, 0.25) is 5.91 Å². The van der Waals surface area contributed by atoms with Crippen LogP contribution >= 0.6 is 23.1 Å². The molecule has 138 valence electrons. The van der Waals surface area contributed by atoms with Crippen molar-refractivity contribution in [1.82, 2.24) is 10.3 Å². The molecule has 1 heterocycles. The van der Waals surface area contributed by atoms with Gasteiger partial charge in [-0.15, -0.1) is 11.3 Å². The van der Waals surface area contributed by atoms with Gasteiger partial charge in [0, 0.05) is 18.2 Å². The molecule has 2 aromatic rings. The molecule has 4 rings (SSSR count). The van der Waals surface area contributed by atoms with Gasteiger partial charge in [0.25, 0.3) is 5.69 Å². The van der Waals surface area contributed by atoms with Gasteiger partial charge in [-0.2, -0.15) is 0 Å². The molecular formula is C18H21N3O3S2. The van der Waals surface area contributed by atoms with Crippen molar-refractivity contribution in [2.45, 2.75) is 43.0 Å². The maximum atomic E-state index is 12.3. The Balaban J connectivity index is 1.32. The van der Waals surface area contributed by atoms with Crippen molar-refractivity contribution in [1.29, 1.82) is 0 Å². The number of nitro benzene ring substituents is 1. The topological polar surface area (TPSA) is 85.1 Å². The lowest BCUT2D eigenvalue weighted by molar-refractivity contribution is -0.384. The summed E-state index contributed by atoms with van der Waals surface area (Å²) in [4.78, 5) is 27.2. The standard InChI is InChI=1S/C18H21N3O3S2/c1-10(14-7-11-2-3-12(14)6-11)19-17(22)9-25-18-20-15-5-4-13(21(23)24)8-16(15)26-18/h4-5,8,10-12,14H,2-3,6-7,9H2,1H3,(H,19,22)/t10-,11+,12-,14+/m0/s1. The van der Waals surface area contributed by atoms with E-state index in [1.54, 1.807) is 6.07 Å². The molecule has 2 bridgehead atoms. The van der Waals surface area contributed by atoms with Gasteiger partial charge in [0.1, 0.15) is 0 Å². The van der Waals surface area contributed by atoms with Crippen LogP contribution in [0.1, 0.15) is 32.6 Å². The number of thiazole rings is 1. The van der Waals surface area contributed by atoms with Gasteiger partial charge >= 0.3 is 0 Å². The molecule has 0 radical (unpaired) electrons. The Labute approximate surface area is 159 Å². The molecule has 1 aromatic carbocycles. The first-order valence-corrected chi connectivity index (χ1v) is 10.8. The van der Waals surface area contributed by atoms with Crippen molar-refractivity contribution in [2.75, 3.05) is 5.75 Å². The minimum absolute atomic E-state index is 0.0375. The van der Waals surface area contributed by atoms with Crippen LogP contribution < -0.4 is 5.32 Å². The normalized spacial score (nSPS) is 25.5. The third-order valence-corrected chi connectivity index (χ3v) is 7.87. The zero-order chi connectivity index (χ0) is 18.3. The van der Waals surface area contributed by atoms with E-state index < -0.39 is 4.92 Å². The van der Waals surface area contributed by atoms with Gasteiger partial charge < -0.3 is 5.32 Å². The molecule has 26 heavy (non-hydrogen) atoms. The van der Waals surface area contributed by atoms with E-state index >= 15 is 0 Å². The highest BCUT2D eigenvalue weighted by atomic mass is 32.2. The van der Waals surface area contributed by atoms with Gasteiger partial charge in [-0.1, -0.05) is 18.2 Å². The van der Waals surface area contributed by atoms with Crippen molar-refractivity contribution in [3.8, 4) is 0 Å². The van der Waals surface area contributed by atoms with E-state index in [1.807, 2.05) is 0 Å². The number of rotatable bonds is 6. The second-order valence-corrected chi connectivity index (χ2v) is 9.63. The second-order valence-electron chi connectivity index (χ2n) is 7.37. The number of nitrogens with zero attached hydrogens (tertiary/aromatic N) is 2. The first-order valence-electron chi connectivity index (χ1n) is 8.96. The van der Waals surface area contributed by atoms with E-state index in [0.717, 1.165) is 26.4 Å². The fourth-order valence-corrected chi connectivity index (χ4v) is 6.42. The van der Waals surface area contributed by atoms with Crippen molar-refractivity contribution in [2.24, 2.45) is 17.8 Å². The first kappa shape index (κ1) is 17.7. The Bertz CT molecular complexity index is 853. The summed E-state index contributed by atoms with van der Waals surface area (Å²) in [5.41, 5.74) is 0.800. The summed E-state index contributed by atoms with van der Waals surface area (Å²) in [5, 5.41) is 14.0. The number of amides is 1. The lowest BCUT2D eigenvalue weighted by Gasteiger charge is -2.28. The van der Waals surface area contributed by atoms with Gasteiger partial charge in [-0.05, 0) is 50.0 Å². The monoisotopic (exact) mass is 391 g/mol. The summed E-state index contributed by atoms with van der Waals surface area (Å²) >= 11 is 2.79. The van der Waals surface area contributed by atoms with Crippen molar-refractivity contribution >= 4 is 44.9 Å². The fraction of sp³-hybridized carbons (Fsp3) is 0.556. The van der Waals surface area contributed by atoms with Crippen molar-refractivity contribution in [3.05, 3.63) is 28.3 Å². The summed E-state index contributed by atoms with van der Waals surface area (Å²) < 4.78 is 1.54. The number of aromatic nitrogens is 1. The highest BCUT2D eigenvalue weighted by Crippen LogP contribution is 2.49. The molecule has 2 saturated carbocycles. The predicted molar refractivity (Wildman–Crippen MR) is 104 cm³/mol. The number of nitro groups is 1. The summed E-state index contributed by atoms with van der Waals surface area (Å²) in [6, 6.07) is 4.89. The van der Waals surface area contributed by atoms with E-state index in [9.17, 15) is 14.9 Å². The smallest absolute Gasteiger partial charge is 0.270 e. The number of hydrogen-bond acceptors (Lipinski definition) is 6. The zero-order valence-electron chi connectivity index (χ0n) is 14.5. The zero-order valence-corrected chi connectivity index (χ0v) is 16.1.